The predicted octanol–water partition coefficient (Wildman–Crippen LogP) is 3.57. The van der Waals surface area contributed by atoms with E-state index >= 15 is 0 Å². The van der Waals surface area contributed by atoms with Crippen LogP contribution in [0.15, 0.2) is 48.5 Å². The Kier molecular flexibility index (Phi) is 7.70. The Hall–Kier alpha value is -2.50. The minimum absolute atomic E-state index is 0.0511. The van der Waals surface area contributed by atoms with Crippen molar-refractivity contribution in [2.24, 2.45) is 0 Å². The first-order chi connectivity index (χ1) is 12.9. The number of aliphatic hydroxyl groups is 1. The van der Waals surface area contributed by atoms with Crippen LogP contribution in [0.3, 0.4) is 0 Å². The summed E-state index contributed by atoms with van der Waals surface area (Å²) in [6.45, 7) is 4.29. The van der Waals surface area contributed by atoms with Crippen LogP contribution in [-0.4, -0.2) is 29.9 Å². The predicted molar refractivity (Wildman–Crippen MR) is 108 cm³/mol. The van der Waals surface area contributed by atoms with Gasteiger partial charge in [0.25, 0.3) is 0 Å². The molecule has 0 unspecified atom stereocenters. The van der Waals surface area contributed by atoms with Gasteiger partial charge in [0.15, 0.2) is 0 Å². The fourth-order valence-electron chi connectivity index (χ4n) is 2.36. The van der Waals surface area contributed by atoms with E-state index in [2.05, 4.69) is 17.2 Å². The van der Waals surface area contributed by atoms with Crippen LogP contribution in [0, 0.1) is 23.2 Å². The second kappa shape index (κ2) is 10.00. The molecule has 0 aliphatic rings. The number of halogens is 1. The highest BCUT2D eigenvalue weighted by molar-refractivity contribution is 6.31. The second-order valence-corrected chi connectivity index (χ2v) is 7.07. The summed E-state index contributed by atoms with van der Waals surface area (Å²) in [5.74, 6) is 6.72. The maximum absolute atomic E-state index is 10.2. The van der Waals surface area contributed by atoms with Crippen LogP contribution in [0.1, 0.15) is 25.0 Å². The highest BCUT2D eigenvalue weighted by atomic mass is 35.5. The summed E-state index contributed by atoms with van der Waals surface area (Å²) in [5.41, 5.74) is 0.999. The lowest BCUT2D eigenvalue weighted by Gasteiger charge is -2.22. The number of rotatable bonds is 7. The molecule has 0 heterocycles. The summed E-state index contributed by atoms with van der Waals surface area (Å²) in [6.07, 6.45) is -0.0609. The number of hydrogen-bond donors (Lipinski definition) is 2. The van der Waals surface area contributed by atoms with Crippen molar-refractivity contribution in [1.82, 2.24) is 5.32 Å². The third-order valence-electron chi connectivity index (χ3n) is 3.83. The molecule has 0 aromatic heterocycles. The van der Waals surface area contributed by atoms with Crippen molar-refractivity contribution >= 4 is 11.6 Å². The molecule has 0 radical (unpaired) electrons. The highest BCUT2D eigenvalue weighted by Gasteiger charge is 2.16. The molecule has 0 saturated carbocycles. The Morgan fingerprint density at radius 2 is 1.93 bits per heavy atom. The van der Waals surface area contributed by atoms with Crippen molar-refractivity contribution in [3.8, 4) is 23.7 Å². The van der Waals surface area contributed by atoms with Crippen molar-refractivity contribution in [1.29, 1.82) is 5.26 Å². The minimum Gasteiger partial charge on any atom is -0.489 e. The van der Waals surface area contributed by atoms with Gasteiger partial charge in [-0.2, -0.15) is 5.26 Å². The van der Waals surface area contributed by atoms with Gasteiger partial charge in [-0.15, -0.1) is 0 Å². The smallest absolute Gasteiger partial charge is 0.138 e. The minimum atomic E-state index is -0.745. The van der Waals surface area contributed by atoms with Gasteiger partial charge < -0.3 is 9.84 Å². The van der Waals surface area contributed by atoms with Crippen LogP contribution in [-0.2, 0) is 6.42 Å². The molecule has 0 spiro atoms. The average Bonchev–Trinajstić information content (AvgIpc) is 2.65. The van der Waals surface area contributed by atoms with Crippen molar-refractivity contribution in [3.05, 3.63) is 64.7 Å². The fraction of sp³-hybridized carbons (Fsp3) is 0.318. The van der Waals surface area contributed by atoms with E-state index in [-0.39, 0.29) is 12.2 Å². The van der Waals surface area contributed by atoms with Crippen molar-refractivity contribution in [2.45, 2.75) is 31.9 Å². The normalized spacial score (nSPS) is 11.8. The average molecular weight is 383 g/mol. The van der Waals surface area contributed by atoms with Crippen LogP contribution in [0.2, 0.25) is 5.02 Å². The summed E-state index contributed by atoms with van der Waals surface area (Å²) in [6, 6.07) is 17.1. The van der Waals surface area contributed by atoms with Gasteiger partial charge in [0.05, 0.1) is 10.6 Å². The van der Waals surface area contributed by atoms with E-state index in [1.54, 1.807) is 18.2 Å². The fourth-order valence-corrected chi connectivity index (χ4v) is 2.57. The second-order valence-electron chi connectivity index (χ2n) is 6.66. The molecule has 0 bridgehead atoms. The number of nitrogens with zero attached hydrogens (tertiary/aromatic N) is 1. The maximum Gasteiger partial charge on any atom is 0.138 e. The van der Waals surface area contributed by atoms with Crippen molar-refractivity contribution in [3.63, 3.8) is 0 Å². The van der Waals surface area contributed by atoms with E-state index in [4.69, 9.17) is 21.6 Å². The third-order valence-corrected chi connectivity index (χ3v) is 4.15. The van der Waals surface area contributed by atoms with Crippen LogP contribution in [0.25, 0.3) is 0 Å². The molecule has 0 aliphatic heterocycles. The van der Waals surface area contributed by atoms with Crippen LogP contribution < -0.4 is 10.1 Å². The standard InChI is InChI=1S/C22H23ClN2O2/c1-22(2,13-7-10-17-8-4-3-5-9-17)25-15-18(26)16-27-21-12-6-11-20(23)19(21)14-24/h3-6,8-9,11-12,18,25-26H,10,15-16H2,1-2H3/t18-/m1/s1. The molecule has 27 heavy (non-hydrogen) atoms. The number of nitrogens with one attached hydrogen (secondary N) is 1. The van der Waals surface area contributed by atoms with Gasteiger partial charge in [-0.05, 0) is 31.5 Å². The molecule has 2 aromatic rings. The lowest BCUT2D eigenvalue weighted by atomic mass is 10.0. The zero-order valence-electron chi connectivity index (χ0n) is 15.5. The topological polar surface area (TPSA) is 65.3 Å². The van der Waals surface area contributed by atoms with E-state index < -0.39 is 11.6 Å². The quantitative estimate of drug-likeness (QED) is 0.718. The molecule has 2 rings (SSSR count). The molecule has 2 N–H and O–H groups in total. The molecule has 1 atom stereocenters. The summed E-state index contributed by atoms with van der Waals surface area (Å²) < 4.78 is 5.54. The first kappa shape index (κ1) is 20.8. The molecular formula is C22H23ClN2O2. The van der Waals surface area contributed by atoms with E-state index in [9.17, 15) is 5.11 Å². The first-order valence-electron chi connectivity index (χ1n) is 8.70. The summed E-state index contributed by atoms with van der Waals surface area (Å²) in [5, 5.41) is 22.9. The Labute approximate surface area is 165 Å². The van der Waals surface area contributed by atoms with E-state index in [0.29, 0.717) is 23.7 Å². The Balaban J connectivity index is 1.82. The van der Waals surface area contributed by atoms with E-state index in [0.717, 1.165) is 0 Å². The van der Waals surface area contributed by atoms with Gasteiger partial charge in [-0.25, -0.2) is 0 Å². The summed E-state index contributed by atoms with van der Waals surface area (Å²) >= 11 is 5.97. The van der Waals surface area contributed by atoms with Crippen LogP contribution in [0.5, 0.6) is 5.75 Å². The zero-order valence-corrected chi connectivity index (χ0v) is 16.3. The molecule has 2 aromatic carbocycles. The van der Waals surface area contributed by atoms with Crippen LogP contribution in [0.4, 0.5) is 0 Å². The number of nitriles is 1. The summed E-state index contributed by atoms with van der Waals surface area (Å²) in [7, 11) is 0. The number of aliphatic hydroxyl groups excluding tert-OH is 1. The third kappa shape index (κ3) is 6.96. The van der Waals surface area contributed by atoms with Crippen molar-refractivity contribution in [2.75, 3.05) is 13.2 Å². The van der Waals surface area contributed by atoms with Gasteiger partial charge >= 0.3 is 0 Å². The number of ether oxygens (including phenoxy) is 1. The molecule has 5 heteroatoms. The molecule has 0 aliphatic carbocycles. The monoisotopic (exact) mass is 382 g/mol. The first-order valence-corrected chi connectivity index (χ1v) is 9.07. The number of β-amino-alcohol motifs (C(OH)–C–C–N with tert-alkyl or cyclic N) is 1. The molecule has 140 valence electrons. The van der Waals surface area contributed by atoms with Gasteiger partial charge in [-0.3, -0.25) is 5.32 Å². The van der Waals surface area contributed by atoms with Gasteiger partial charge in [-0.1, -0.05) is 59.8 Å². The molecular weight excluding hydrogens is 360 g/mol. The van der Waals surface area contributed by atoms with E-state index in [1.807, 2.05) is 50.2 Å². The van der Waals surface area contributed by atoms with Gasteiger partial charge in [0.2, 0.25) is 0 Å². The Morgan fingerprint density at radius 3 is 2.63 bits per heavy atom. The zero-order chi connectivity index (χ0) is 19.7. The Bertz CT molecular complexity index is 848. The maximum atomic E-state index is 10.2. The molecule has 4 nitrogen and oxygen atoms in total. The van der Waals surface area contributed by atoms with Gasteiger partial charge in [0.1, 0.15) is 30.1 Å². The molecule has 0 saturated heterocycles. The Morgan fingerprint density at radius 1 is 1.19 bits per heavy atom. The SMILES string of the molecule is CC(C)(C#CCc1ccccc1)NC[C@@H](O)COc1cccc(Cl)c1C#N. The number of benzene rings is 2. The lowest BCUT2D eigenvalue weighted by Crippen LogP contribution is -2.43. The molecule has 0 fully saturated rings. The lowest BCUT2D eigenvalue weighted by molar-refractivity contribution is 0.102. The number of hydrogen-bond acceptors (Lipinski definition) is 4. The summed E-state index contributed by atoms with van der Waals surface area (Å²) in [4.78, 5) is 0. The van der Waals surface area contributed by atoms with Crippen molar-refractivity contribution < 1.29 is 9.84 Å². The van der Waals surface area contributed by atoms with Gasteiger partial charge in [0, 0.05) is 13.0 Å². The van der Waals surface area contributed by atoms with Crippen LogP contribution >= 0.6 is 11.6 Å². The van der Waals surface area contributed by atoms with E-state index in [1.165, 1.54) is 5.56 Å². The largest absolute Gasteiger partial charge is 0.489 e. The highest BCUT2D eigenvalue weighted by Crippen LogP contribution is 2.25. The molecule has 0 amide bonds.